The van der Waals surface area contributed by atoms with Crippen LogP contribution < -0.4 is 0 Å². The summed E-state index contributed by atoms with van der Waals surface area (Å²) in [6.07, 6.45) is 0. The molecule has 3 heteroatoms. The molecule has 0 aliphatic carbocycles. The lowest BCUT2D eigenvalue weighted by atomic mass is 10.2. The number of hydrogen-bond acceptors (Lipinski definition) is 3. The average Bonchev–Trinajstić information content (AvgIpc) is 2.88. The molecule has 0 N–H and O–H groups in total. The fourth-order valence-electron chi connectivity index (χ4n) is 2.44. The molecule has 2 aromatic carbocycles. The largest absolute Gasteiger partial charge is 0.452 e. The van der Waals surface area contributed by atoms with Crippen LogP contribution in [0.4, 0.5) is 0 Å². The van der Waals surface area contributed by atoms with Gasteiger partial charge >= 0.3 is 0 Å². The second-order valence-corrected chi connectivity index (χ2v) is 4.77. The summed E-state index contributed by atoms with van der Waals surface area (Å²) < 4.78 is 5.85. The van der Waals surface area contributed by atoms with Crippen LogP contribution in [0.3, 0.4) is 0 Å². The summed E-state index contributed by atoms with van der Waals surface area (Å²) in [4.78, 5) is 9.25. The molecule has 0 aliphatic heterocycles. The number of hydrogen-bond donors (Lipinski definition) is 0. The molecule has 4 rings (SSSR count). The highest BCUT2D eigenvalue weighted by molar-refractivity contribution is 6.03. The van der Waals surface area contributed by atoms with Gasteiger partial charge in [-0.15, -0.1) is 0 Å². The van der Waals surface area contributed by atoms with E-state index >= 15 is 0 Å². The van der Waals surface area contributed by atoms with Gasteiger partial charge in [-0.3, -0.25) is 0 Å². The highest BCUT2D eigenvalue weighted by Gasteiger charge is 2.13. The van der Waals surface area contributed by atoms with Gasteiger partial charge in [0, 0.05) is 10.9 Å². The minimum Gasteiger partial charge on any atom is -0.452 e. The molecule has 2 aromatic heterocycles. The van der Waals surface area contributed by atoms with Gasteiger partial charge in [-0.25, -0.2) is 9.97 Å². The van der Waals surface area contributed by atoms with Crippen LogP contribution in [0.1, 0.15) is 5.69 Å². The SMILES string of the molecule is Cc1nc(-c2ccccc2)nc2c1oc1ccccc12. The van der Waals surface area contributed by atoms with Gasteiger partial charge in [-0.1, -0.05) is 42.5 Å². The molecular formula is C17H12N2O. The zero-order valence-corrected chi connectivity index (χ0v) is 11.0. The van der Waals surface area contributed by atoms with Crippen LogP contribution in [-0.4, -0.2) is 9.97 Å². The van der Waals surface area contributed by atoms with Gasteiger partial charge in [-0.2, -0.15) is 0 Å². The van der Waals surface area contributed by atoms with Gasteiger partial charge in [0.1, 0.15) is 11.1 Å². The molecule has 96 valence electrons. The standard InChI is InChI=1S/C17H12N2O/c1-11-16-15(13-9-5-6-10-14(13)20-16)19-17(18-11)12-7-3-2-4-8-12/h2-10H,1H3. The van der Waals surface area contributed by atoms with E-state index in [2.05, 4.69) is 9.97 Å². The van der Waals surface area contributed by atoms with Gasteiger partial charge < -0.3 is 4.42 Å². The van der Waals surface area contributed by atoms with Gasteiger partial charge in [0.15, 0.2) is 11.4 Å². The van der Waals surface area contributed by atoms with E-state index in [9.17, 15) is 0 Å². The van der Waals surface area contributed by atoms with Crippen molar-refractivity contribution >= 4 is 22.1 Å². The minimum absolute atomic E-state index is 0.738. The first-order chi connectivity index (χ1) is 9.83. The fourth-order valence-corrected chi connectivity index (χ4v) is 2.44. The van der Waals surface area contributed by atoms with Crippen LogP contribution in [0.5, 0.6) is 0 Å². The summed E-state index contributed by atoms with van der Waals surface area (Å²) in [5.41, 5.74) is 4.38. The van der Waals surface area contributed by atoms with Gasteiger partial charge in [0.2, 0.25) is 0 Å². The molecule has 0 amide bonds. The Bertz CT molecular complexity index is 910. The first-order valence-electron chi connectivity index (χ1n) is 6.54. The molecule has 20 heavy (non-hydrogen) atoms. The normalized spacial score (nSPS) is 11.2. The quantitative estimate of drug-likeness (QED) is 0.510. The average molecular weight is 260 g/mol. The molecule has 0 aliphatic rings. The third-order valence-electron chi connectivity index (χ3n) is 3.42. The van der Waals surface area contributed by atoms with Crippen LogP contribution in [0.25, 0.3) is 33.5 Å². The minimum atomic E-state index is 0.738. The zero-order chi connectivity index (χ0) is 13.5. The lowest BCUT2D eigenvalue weighted by Crippen LogP contribution is -1.92. The number of aryl methyl sites for hydroxylation is 1. The maximum absolute atomic E-state index is 5.85. The number of rotatable bonds is 1. The summed E-state index contributed by atoms with van der Waals surface area (Å²) in [5.74, 6) is 0.738. The number of benzene rings is 2. The summed E-state index contributed by atoms with van der Waals surface area (Å²) in [7, 11) is 0. The molecule has 0 atom stereocenters. The molecule has 2 heterocycles. The number of para-hydroxylation sites is 1. The van der Waals surface area contributed by atoms with E-state index in [1.807, 2.05) is 61.5 Å². The van der Waals surface area contributed by atoms with Crippen molar-refractivity contribution in [3.05, 3.63) is 60.3 Å². The Morgan fingerprint density at radius 1 is 0.850 bits per heavy atom. The third kappa shape index (κ3) is 1.60. The number of fused-ring (bicyclic) bond motifs is 3. The van der Waals surface area contributed by atoms with E-state index < -0.39 is 0 Å². The summed E-state index contributed by atoms with van der Waals surface area (Å²) in [6.45, 7) is 1.96. The van der Waals surface area contributed by atoms with E-state index in [-0.39, 0.29) is 0 Å². The van der Waals surface area contributed by atoms with Crippen molar-refractivity contribution in [3.63, 3.8) is 0 Å². The Balaban J connectivity index is 2.08. The maximum Gasteiger partial charge on any atom is 0.175 e. The van der Waals surface area contributed by atoms with Crippen molar-refractivity contribution in [2.24, 2.45) is 0 Å². The summed E-state index contributed by atoms with van der Waals surface area (Å²) in [6, 6.07) is 18.0. The molecule has 3 nitrogen and oxygen atoms in total. The Kier molecular flexibility index (Phi) is 2.33. The monoisotopic (exact) mass is 260 g/mol. The van der Waals surface area contributed by atoms with Crippen molar-refractivity contribution in [2.75, 3.05) is 0 Å². The Morgan fingerprint density at radius 3 is 2.45 bits per heavy atom. The van der Waals surface area contributed by atoms with E-state index in [1.54, 1.807) is 0 Å². The zero-order valence-electron chi connectivity index (χ0n) is 11.0. The van der Waals surface area contributed by atoms with Crippen LogP contribution in [0, 0.1) is 6.92 Å². The van der Waals surface area contributed by atoms with Gasteiger partial charge in [-0.05, 0) is 19.1 Å². The van der Waals surface area contributed by atoms with Crippen molar-refractivity contribution in [1.82, 2.24) is 9.97 Å². The molecule has 0 bridgehead atoms. The van der Waals surface area contributed by atoms with Crippen LogP contribution in [0.2, 0.25) is 0 Å². The molecule has 0 unspecified atom stereocenters. The predicted molar refractivity (Wildman–Crippen MR) is 79.5 cm³/mol. The van der Waals surface area contributed by atoms with E-state index in [4.69, 9.17) is 4.42 Å². The van der Waals surface area contributed by atoms with E-state index in [0.29, 0.717) is 0 Å². The fraction of sp³-hybridized carbons (Fsp3) is 0.0588. The van der Waals surface area contributed by atoms with E-state index in [0.717, 1.165) is 39.2 Å². The molecule has 4 aromatic rings. The third-order valence-corrected chi connectivity index (χ3v) is 3.42. The molecule has 0 saturated heterocycles. The van der Waals surface area contributed by atoms with Crippen LogP contribution in [0.15, 0.2) is 59.0 Å². The molecule has 0 saturated carbocycles. The summed E-state index contributed by atoms with van der Waals surface area (Å²) >= 11 is 0. The van der Waals surface area contributed by atoms with Crippen molar-refractivity contribution < 1.29 is 4.42 Å². The predicted octanol–water partition coefficient (Wildman–Crippen LogP) is 4.35. The van der Waals surface area contributed by atoms with Gasteiger partial charge in [0.05, 0.1) is 5.69 Å². The highest BCUT2D eigenvalue weighted by atomic mass is 16.3. The van der Waals surface area contributed by atoms with Crippen molar-refractivity contribution in [2.45, 2.75) is 6.92 Å². The highest BCUT2D eigenvalue weighted by Crippen LogP contribution is 2.30. The van der Waals surface area contributed by atoms with E-state index in [1.165, 1.54) is 0 Å². The lowest BCUT2D eigenvalue weighted by Gasteiger charge is -2.01. The molecule has 0 radical (unpaired) electrons. The van der Waals surface area contributed by atoms with Gasteiger partial charge in [0.25, 0.3) is 0 Å². The first-order valence-corrected chi connectivity index (χ1v) is 6.54. The maximum atomic E-state index is 5.85. The van der Waals surface area contributed by atoms with Crippen LogP contribution >= 0.6 is 0 Å². The second kappa shape index (κ2) is 4.17. The molecule has 0 fully saturated rings. The smallest absolute Gasteiger partial charge is 0.175 e. The number of aromatic nitrogens is 2. The Morgan fingerprint density at radius 2 is 1.60 bits per heavy atom. The molecule has 0 spiro atoms. The lowest BCUT2D eigenvalue weighted by molar-refractivity contribution is 0.661. The molecular weight excluding hydrogens is 248 g/mol. The number of furan rings is 1. The topological polar surface area (TPSA) is 38.9 Å². The summed E-state index contributed by atoms with van der Waals surface area (Å²) in [5, 5.41) is 1.03. The van der Waals surface area contributed by atoms with Crippen LogP contribution in [-0.2, 0) is 0 Å². The second-order valence-electron chi connectivity index (χ2n) is 4.77. The van der Waals surface area contributed by atoms with Crippen molar-refractivity contribution in [1.29, 1.82) is 0 Å². The number of nitrogens with zero attached hydrogens (tertiary/aromatic N) is 2. The van der Waals surface area contributed by atoms with Crippen molar-refractivity contribution in [3.8, 4) is 11.4 Å². The first kappa shape index (κ1) is 11.2. The Labute approximate surface area is 115 Å². The Hall–Kier alpha value is -2.68.